The SMILES string of the molecule is C(CN1CCSCC1)NC(C1CC1)C1CC1. The normalized spacial score (nSPS) is 27.6. The molecule has 0 bridgehead atoms. The first-order chi connectivity index (χ1) is 7.93. The highest BCUT2D eigenvalue weighted by molar-refractivity contribution is 7.99. The monoisotopic (exact) mass is 240 g/mol. The molecule has 0 aromatic carbocycles. The molecule has 3 heteroatoms. The molecule has 0 radical (unpaired) electrons. The van der Waals surface area contributed by atoms with Crippen LogP contribution >= 0.6 is 11.8 Å². The van der Waals surface area contributed by atoms with Crippen LogP contribution in [-0.4, -0.2) is 48.6 Å². The largest absolute Gasteiger partial charge is 0.312 e. The highest BCUT2D eigenvalue weighted by Crippen LogP contribution is 2.44. The first-order valence-corrected chi connectivity index (χ1v) is 8.12. The molecule has 2 saturated carbocycles. The first kappa shape index (κ1) is 11.4. The minimum atomic E-state index is 0.888. The van der Waals surface area contributed by atoms with Crippen molar-refractivity contribution >= 4 is 11.8 Å². The van der Waals surface area contributed by atoms with Gasteiger partial charge in [0.05, 0.1) is 0 Å². The third-order valence-corrected chi connectivity index (χ3v) is 5.11. The van der Waals surface area contributed by atoms with Gasteiger partial charge in [-0.2, -0.15) is 11.8 Å². The van der Waals surface area contributed by atoms with Gasteiger partial charge in [-0.15, -0.1) is 0 Å². The molecule has 2 nitrogen and oxygen atoms in total. The molecule has 1 aliphatic heterocycles. The average Bonchev–Trinajstić information content (AvgIpc) is 3.17. The van der Waals surface area contributed by atoms with Crippen LogP contribution in [0.5, 0.6) is 0 Å². The van der Waals surface area contributed by atoms with E-state index in [9.17, 15) is 0 Å². The maximum absolute atomic E-state index is 3.84. The van der Waals surface area contributed by atoms with Crippen molar-refractivity contribution in [2.45, 2.75) is 31.7 Å². The second-order valence-corrected chi connectivity index (χ2v) is 6.83. The number of hydrogen-bond donors (Lipinski definition) is 1. The van der Waals surface area contributed by atoms with Crippen molar-refractivity contribution in [3.8, 4) is 0 Å². The standard InChI is InChI=1S/C13H24N2S/c1-2-11(1)13(12-3-4-12)14-5-6-15-7-9-16-10-8-15/h11-14H,1-10H2. The van der Waals surface area contributed by atoms with Crippen LogP contribution in [0.4, 0.5) is 0 Å². The predicted octanol–water partition coefficient (Wildman–Crippen LogP) is 1.81. The highest BCUT2D eigenvalue weighted by Gasteiger charge is 2.40. The van der Waals surface area contributed by atoms with Crippen LogP contribution in [0.1, 0.15) is 25.7 Å². The van der Waals surface area contributed by atoms with Crippen LogP contribution in [-0.2, 0) is 0 Å². The Kier molecular flexibility index (Phi) is 3.75. The van der Waals surface area contributed by atoms with Gasteiger partial charge in [0.2, 0.25) is 0 Å². The van der Waals surface area contributed by atoms with Gasteiger partial charge in [0, 0.05) is 43.7 Å². The van der Waals surface area contributed by atoms with Gasteiger partial charge in [0.25, 0.3) is 0 Å². The quantitative estimate of drug-likeness (QED) is 0.762. The molecule has 0 aromatic heterocycles. The Hall–Kier alpha value is 0.270. The maximum Gasteiger partial charge on any atom is 0.0124 e. The summed E-state index contributed by atoms with van der Waals surface area (Å²) in [6.45, 7) is 5.12. The van der Waals surface area contributed by atoms with Crippen LogP contribution in [0.15, 0.2) is 0 Å². The molecule has 1 saturated heterocycles. The number of thioether (sulfide) groups is 1. The van der Waals surface area contributed by atoms with Crippen molar-refractivity contribution < 1.29 is 0 Å². The summed E-state index contributed by atoms with van der Waals surface area (Å²) in [5.41, 5.74) is 0. The molecule has 0 atom stereocenters. The minimum Gasteiger partial charge on any atom is -0.312 e. The second-order valence-electron chi connectivity index (χ2n) is 5.61. The van der Waals surface area contributed by atoms with E-state index in [4.69, 9.17) is 0 Å². The summed E-state index contributed by atoms with van der Waals surface area (Å²) in [5.74, 6) is 4.78. The van der Waals surface area contributed by atoms with E-state index in [-0.39, 0.29) is 0 Å². The number of hydrogen-bond acceptors (Lipinski definition) is 3. The lowest BCUT2D eigenvalue weighted by atomic mass is 10.1. The molecule has 2 aliphatic carbocycles. The molecule has 16 heavy (non-hydrogen) atoms. The number of nitrogens with zero attached hydrogens (tertiary/aromatic N) is 1. The average molecular weight is 240 g/mol. The first-order valence-electron chi connectivity index (χ1n) is 6.97. The van der Waals surface area contributed by atoms with Crippen LogP contribution < -0.4 is 5.32 Å². The Morgan fingerprint density at radius 1 is 1.06 bits per heavy atom. The highest BCUT2D eigenvalue weighted by atomic mass is 32.2. The fourth-order valence-corrected chi connectivity index (χ4v) is 3.82. The van der Waals surface area contributed by atoms with Crippen LogP contribution in [0, 0.1) is 11.8 Å². The van der Waals surface area contributed by atoms with Crippen molar-refractivity contribution in [3.05, 3.63) is 0 Å². The minimum absolute atomic E-state index is 0.888. The van der Waals surface area contributed by atoms with Gasteiger partial charge in [-0.1, -0.05) is 0 Å². The van der Waals surface area contributed by atoms with Crippen LogP contribution in [0.2, 0.25) is 0 Å². The van der Waals surface area contributed by atoms with E-state index < -0.39 is 0 Å². The fourth-order valence-electron chi connectivity index (χ4n) is 2.84. The number of rotatable bonds is 6. The van der Waals surface area contributed by atoms with Crippen molar-refractivity contribution in [2.24, 2.45) is 11.8 Å². The van der Waals surface area contributed by atoms with E-state index in [1.807, 2.05) is 0 Å². The molecule has 0 spiro atoms. The zero-order valence-corrected chi connectivity index (χ0v) is 11.0. The van der Waals surface area contributed by atoms with Gasteiger partial charge in [0.15, 0.2) is 0 Å². The summed E-state index contributed by atoms with van der Waals surface area (Å²) in [6, 6.07) is 0.888. The lowest BCUT2D eigenvalue weighted by Gasteiger charge is -2.27. The predicted molar refractivity (Wildman–Crippen MR) is 71.0 cm³/mol. The number of nitrogens with one attached hydrogen (secondary N) is 1. The van der Waals surface area contributed by atoms with E-state index in [0.717, 1.165) is 17.9 Å². The van der Waals surface area contributed by atoms with Crippen LogP contribution in [0.3, 0.4) is 0 Å². The molecule has 0 amide bonds. The molecule has 0 aromatic rings. The third-order valence-electron chi connectivity index (χ3n) is 4.17. The van der Waals surface area contributed by atoms with Crippen LogP contribution in [0.25, 0.3) is 0 Å². The van der Waals surface area contributed by atoms with Crippen molar-refractivity contribution in [1.29, 1.82) is 0 Å². The molecule has 0 unspecified atom stereocenters. The Balaban J connectivity index is 1.34. The Morgan fingerprint density at radius 3 is 2.25 bits per heavy atom. The Labute approximate surface area is 104 Å². The summed E-state index contributed by atoms with van der Waals surface area (Å²) in [5, 5.41) is 3.84. The second kappa shape index (κ2) is 5.28. The van der Waals surface area contributed by atoms with E-state index in [1.54, 1.807) is 0 Å². The fraction of sp³-hybridized carbons (Fsp3) is 1.00. The van der Waals surface area contributed by atoms with Gasteiger partial charge < -0.3 is 10.2 Å². The van der Waals surface area contributed by atoms with E-state index >= 15 is 0 Å². The molecule has 92 valence electrons. The zero-order valence-electron chi connectivity index (χ0n) is 10.2. The topological polar surface area (TPSA) is 15.3 Å². The lowest BCUT2D eigenvalue weighted by Crippen LogP contribution is -2.42. The Morgan fingerprint density at radius 2 is 1.69 bits per heavy atom. The molecular formula is C13H24N2S. The molecule has 3 rings (SSSR count). The van der Waals surface area contributed by atoms with Gasteiger partial charge in [0.1, 0.15) is 0 Å². The summed E-state index contributed by atoms with van der Waals surface area (Å²) >= 11 is 2.11. The van der Waals surface area contributed by atoms with E-state index in [2.05, 4.69) is 22.0 Å². The zero-order chi connectivity index (χ0) is 10.8. The third kappa shape index (κ3) is 3.14. The molecule has 3 fully saturated rings. The van der Waals surface area contributed by atoms with Crippen molar-refractivity contribution in [1.82, 2.24) is 10.2 Å². The smallest absolute Gasteiger partial charge is 0.0124 e. The maximum atomic E-state index is 3.84. The summed E-state index contributed by atoms with van der Waals surface area (Å²) in [7, 11) is 0. The summed E-state index contributed by atoms with van der Waals surface area (Å²) in [4.78, 5) is 2.63. The molecule has 1 heterocycles. The van der Waals surface area contributed by atoms with Gasteiger partial charge in [-0.25, -0.2) is 0 Å². The summed E-state index contributed by atoms with van der Waals surface area (Å²) < 4.78 is 0. The molecule has 3 aliphatic rings. The van der Waals surface area contributed by atoms with E-state index in [1.165, 1.54) is 63.4 Å². The van der Waals surface area contributed by atoms with Crippen molar-refractivity contribution in [3.63, 3.8) is 0 Å². The van der Waals surface area contributed by atoms with E-state index in [0.29, 0.717) is 0 Å². The van der Waals surface area contributed by atoms with Gasteiger partial charge in [-0.05, 0) is 37.5 Å². The lowest BCUT2D eigenvalue weighted by molar-refractivity contribution is 0.287. The molecule has 1 N–H and O–H groups in total. The molecular weight excluding hydrogens is 216 g/mol. The Bertz CT molecular complexity index is 208. The summed E-state index contributed by atoms with van der Waals surface area (Å²) in [6.07, 6.45) is 5.98. The van der Waals surface area contributed by atoms with Crippen molar-refractivity contribution in [2.75, 3.05) is 37.7 Å². The van der Waals surface area contributed by atoms with Gasteiger partial charge >= 0.3 is 0 Å². The van der Waals surface area contributed by atoms with Gasteiger partial charge in [-0.3, -0.25) is 0 Å².